The molecular weight excluding hydrogens is 296 g/mol. The quantitative estimate of drug-likeness (QED) is 0.887. The third-order valence-electron chi connectivity index (χ3n) is 3.48. The maximum atomic E-state index is 12.5. The topological polar surface area (TPSA) is 32.3 Å². The second-order valence-electron chi connectivity index (χ2n) is 5.45. The molecule has 1 unspecified atom stereocenters. The van der Waals surface area contributed by atoms with Gasteiger partial charge in [0.1, 0.15) is 6.04 Å². The van der Waals surface area contributed by atoms with E-state index in [9.17, 15) is 4.79 Å². The number of carbonyl (C=O) groups excluding carboxylic acids is 1. The molecule has 2 aromatic rings. The molecular formula is C18H21ClN2O. The molecule has 0 fully saturated rings. The molecule has 22 heavy (non-hydrogen) atoms. The fourth-order valence-corrected chi connectivity index (χ4v) is 2.65. The molecule has 0 saturated carbocycles. The van der Waals surface area contributed by atoms with Gasteiger partial charge in [-0.25, -0.2) is 0 Å². The second kappa shape index (κ2) is 7.97. The van der Waals surface area contributed by atoms with E-state index in [2.05, 4.69) is 5.32 Å². The smallest absolute Gasteiger partial charge is 0.241 e. The van der Waals surface area contributed by atoms with E-state index >= 15 is 0 Å². The maximum Gasteiger partial charge on any atom is 0.241 e. The Morgan fingerprint density at radius 1 is 1.14 bits per heavy atom. The Balaban J connectivity index is 1.95. The van der Waals surface area contributed by atoms with Gasteiger partial charge in [0.15, 0.2) is 0 Å². The maximum absolute atomic E-state index is 12.5. The molecule has 0 aromatic heterocycles. The van der Waals surface area contributed by atoms with Gasteiger partial charge in [-0.3, -0.25) is 9.69 Å². The average molecular weight is 317 g/mol. The van der Waals surface area contributed by atoms with Gasteiger partial charge in [0.2, 0.25) is 5.91 Å². The van der Waals surface area contributed by atoms with Crippen LogP contribution < -0.4 is 5.32 Å². The Morgan fingerprint density at radius 2 is 1.86 bits per heavy atom. The van der Waals surface area contributed by atoms with Crippen molar-refractivity contribution in [2.45, 2.75) is 12.5 Å². The van der Waals surface area contributed by atoms with Crippen LogP contribution in [0.4, 0.5) is 0 Å². The zero-order chi connectivity index (χ0) is 15.9. The number of amides is 1. The fourth-order valence-electron chi connectivity index (χ4n) is 2.44. The van der Waals surface area contributed by atoms with Crippen LogP contribution in [0.1, 0.15) is 17.2 Å². The average Bonchev–Trinajstić information content (AvgIpc) is 2.48. The summed E-state index contributed by atoms with van der Waals surface area (Å²) in [5, 5.41) is 3.73. The number of benzene rings is 2. The summed E-state index contributed by atoms with van der Waals surface area (Å²) in [6.07, 6.45) is 0.765. The SMILES string of the molecule is CN(C)C(C(=O)NCCc1cccc(Cl)c1)c1ccccc1. The molecule has 1 amide bonds. The Bertz CT molecular complexity index is 613. The number of hydrogen-bond acceptors (Lipinski definition) is 2. The zero-order valence-corrected chi connectivity index (χ0v) is 13.7. The summed E-state index contributed by atoms with van der Waals surface area (Å²) in [6, 6.07) is 17.2. The molecule has 116 valence electrons. The molecule has 0 aliphatic rings. The number of likely N-dealkylation sites (N-methyl/N-ethyl adjacent to an activating group) is 1. The van der Waals surface area contributed by atoms with Crippen LogP contribution in [0.5, 0.6) is 0 Å². The fraction of sp³-hybridized carbons (Fsp3) is 0.278. The molecule has 1 N–H and O–H groups in total. The second-order valence-corrected chi connectivity index (χ2v) is 5.88. The van der Waals surface area contributed by atoms with Crippen LogP contribution >= 0.6 is 11.6 Å². The van der Waals surface area contributed by atoms with Crippen LogP contribution in [-0.4, -0.2) is 31.4 Å². The van der Waals surface area contributed by atoms with Gasteiger partial charge >= 0.3 is 0 Å². The van der Waals surface area contributed by atoms with Gasteiger partial charge in [0, 0.05) is 11.6 Å². The van der Waals surface area contributed by atoms with Crippen LogP contribution in [0.15, 0.2) is 54.6 Å². The number of nitrogens with one attached hydrogen (secondary N) is 1. The first-order valence-corrected chi connectivity index (χ1v) is 7.69. The van der Waals surface area contributed by atoms with Crippen LogP contribution in [0.2, 0.25) is 5.02 Å². The molecule has 0 radical (unpaired) electrons. The third-order valence-corrected chi connectivity index (χ3v) is 3.72. The van der Waals surface area contributed by atoms with E-state index < -0.39 is 0 Å². The van der Waals surface area contributed by atoms with Crippen LogP contribution in [0.3, 0.4) is 0 Å². The normalized spacial score (nSPS) is 12.2. The highest BCUT2D eigenvalue weighted by atomic mass is 35.5. The summed E-state index contributed by atoms with van der Waals surface area (Å²) in [7, 11) is 3.82. The lowest BCUT2D eigenvalue weighted by atomic mass is 10.1. The largest absolute Gasteiger partial charge is 0.354 e. The van der Waals surface area contributed by atoms with Crippen LogP contribution in [0, 0.1) is 0 Å². The van der Waals surface area contributed by atoms with Crippen molar-refractivity contribution < 1.29 is 4.79 Å². The molecule has 0 saturated heterocycles. The first-order valence-electron chi connectivity index (χ1n) is 7.31. The van der Waals surface area contributed by atoms with E-state index in [-0.39, 0.29) is 11.9 Å². The lowest BCUT2D eigenvalue weighted by molar-refractivity contribution is -0.125. The van der Waals surface area contributed by atoms with Gasteiger partial charge in [-0.1, -0.05) is 54.1 Å². The van der Waals surface area contributed by atoms with E-state index in [0.717, 1.165) is 22.6 Å². The van der Waals surface area contributed by atoms with E-state index in [4.69, 9.17) is 11.6 Å². The lowest BCUT2D eigenvalue weighted by Crippen LogP contribution is -2.37. The number of nitrogens with zero attached hydrogens (tertiary/aromatic N) is 1. The predicted molar refractivity (Wildman–Crippen MR) is 91.0 cm³/mol. The monoisotopic (exact) mass is 316 g/mol. The number of hydrogen-bond donors (Lipinski definition) is 1. The minimum atomic E-state index is -0.277. The number of carbonyl (C=O) groups is 1. The highest BCUT2D eigenvalue weighted by Crippen LogP contribution is 2.18. The van der Waals surface area contributed by atoms with Crippen molar-refractivity contribution in [2.24, 2.45) is 0 Å². The molecule has 0 heterocycles. The van der Waals surface area contributed by atoms with Crippen molar-refractivity contribution in [1.29, 1.82) is 0 Å². The molecule has 0 bridgehead atoms. The van der Waals surface area contributed by atoms with Crippen molar-refractivity contribution in [1.82, 2.24) is 10.2 Å². The molecule has 4 heteroatoms. The Morgan fingerprint density at radius 3 is 2.50 bits per heavy atom. The van der Waals surface area contributed by atoms with Gasteiger partial charge in [-0.05, 0) is 43.8 Å². The molecule has 2 aromatic carbocycles. The first-order chi connectivity index (χ1) is 10.6. The standard InChI is InChI=1S/C18H21ClN2O/c1-21(2)17(15-8-4-3-5-9-15)18(22)20-12-11-14-7-6-10-16(19)13-14/h3-10,13,17H,11-12H2,1-2H3,(H,20,22). The van der Waals surface area contributed by atoms with E-state index in [0.29, 0.717) is 6.54 Å². The van der Waals surface area contributed by atoms with Gasteiger partial charge in [0.05, 0.1) is 0 Å². The number of rotatable bonds is 6. The minimum Gasteiger partial charge on any atom is -0.354 e. The number of halogens is 1. The Kier molecular flexibility index (Phi) is 5.99. The van der Waals surface area contributed by atoms with Gasteiger partial charge in [0.25, 0.3) is 0 Å². The molecule has 2 rings (SSSR count). The summed E-state index contributed by atoms with van der Waals surface area (Å²) in [5.41, 5.74) is 2.11. The van der Waals surface area contributed by atoms with Gasteiger partial charge in [-0.2, -0.15) is 0 Å². The van der Waals surface area contributed by atoms with Crippen molar-refractivity contribution in [3.8, 4) is 0 Å². The summed E-state index contributed by atoms with van der Waals surface area (Å²) < 4.78 is 0. The Hall–Kier alpha value is -1.84. The van der Waals surface area contributed by atoms with Crippen molar-refractivity contribution in [2.75, 3.05) is 20.6 Å². The highest BCUT2D eigenvalue weighted by molar-refractivity contribution is 6.30. The van der Waals surface area contributed by atoms with Crippen LogP contribution in [-0.2, 0) is 11.2 Å². The third kappa shape index (κ3) is 4.58. The predicted octanol–water partition coefficient (Wildman–Crippen LogP) is 3.30. The summed E-state index contributed by atoms with van der Waals surface area (Å²) in [6.45, 7) is 0.594. The Labute approximate surface area is 136 Å². The van der Waals surface area contributed by atoms with E-state index in [1.165, 1.54) is 0 Å². The highest BCUT2D eigenvalue weighted by Gasteiger charge is 2.21. The van der Waals surface area contributed by atoms with E-state index in [1.54, 1.807) is 0 Å². The van der Waals surface area contributed by atoms with Crippen molar-refractivity contribution in [3.05, 3.63) is 70.7 Å². The van der Waals surface area contributed by atoms with Gasteiger partial charge in [-0.15, -0.1) is 0 Å². The van der Waals surface area contributed by atoms with Gasteiger partial charge < -0.3 is 5.32 Å². The zero-order valence-electron chi connectivity index (χ0n) is 12.9. The van der Waals surface area contributed by atoms with E-state index in [1.807, 2.05) is 73.6 Å². The summed E-state index contributed by atoms with van der Waals surface area (Å²) >= 11 is 5.96. The van der Waals surface area contributed by atoms with Crippen molar-refractivity contribution in [3.63, 3.8) is 0 Å². The first kappa shape index (κ1) is 16.5. The van der Waals surface area contributed by atoms with Crippen LogP contribution in [0.25, 0.3) is 0 Å². The minimum absolute atomic E-state index is 0.0122. The molecule has 3 nitrogen and oxygen atoms in total. The summed E-state index contributed by atoms with van der Waals surface area (Å²) in [5.74, 6) is 0.0122. The molecule has 0 aliphatic carbocycles. The summed E-state index contributed by atoms with van der Waals surface area (Å²) in [4.78, 5) is 14.4. The molecule has 1 atom stereocenters. The molecule has 0 spiro atoms. The van der Waals surface area contributed by atoms with Crippen molar-refractivity contribution >= 4 is 17.5 Å². The molecule has 0 aliphatic heterocycles. The lowest BCUT2D eigenvalue weighted by Gasteiger charge is -2.23.